The van der Waals surface area contributed by atoms with Crippen molar-refractivity contribution in [3.8, 4) is 11.3 Å². The van der Waals surface area contributed by atoms with Crippen LogP contribution in [0.1, 0.15) is 49.7 Å². The molecule has 29 heavy (non-hydrogen) atoms. The van der Waals surface area contributed by atoms with Crippen LogP contribution >= 0.6 is 0 Å². The third kappa shape index (κ3) is 3.97. The van der Waals surface area contributed by atoms with Gasteiger partial charge < -0.3 is 15.5 Å². The summed E-state index contributed by atoms with van der Waals surface area (Å²) in [5.41, 5.74) is 11.2. The molecule has 1 aliphatic carbocycles. The number of piperidine rings is 1. The highest BCUT2D eigenvalue weighted by molar-refractivity contribution is 5.74. The summed E-state index contributed by atoms with van der Waals surface area (Å²) in [6, 6.07) is 8.66. The molecule has 1 aromatic heterocycles. The first-order valence-corrected chi connectivity index (χ1v) is 11.5. The van der Waals surface area contributed by atoms with E-state index in [0.717, 1.165) is 49.8 Å². The second-order valence-corrected chi connectivity index (χ2v) is 9.01. The Hall–Kier alpha value is -2.14. The van der Waals surface area contributed by atoms with Crippen LogP contribution in [-0.4, -0.2) is 47.6 Å². The predicted octanol–water partition coefficient (Wildman–Crippen LogP) is 3.92. The van der Waals surface area contributed by atoms with Gasteiger partial charge in [-0.25, -0.2) is 4.98 Å². The molecule has 0 unspecified atom stereocenters. The van der Waals surface area contributed by atoms with Crippen molar-refractivity contribution in [3.05, 3.63) is 35.4 Å². The van der Waals surface area contributed by atoms with Crippen molar-refractivity contribution in [2.45, 2.75) is 51.4 Å². The minimum atomic E-state index is 0.409. The molecule has 2 N–H and O–H groups in total. The van der Waals surface area contributed by atoms with Crippen molar-refractivity contribution >= 4 is 11.8 Å². The monoisotopic (exact) mass is 391 g/mol. The van der Waals surface area contributed by atoms with E-state index in [2.05, 4.69) is 34.1 Å². The fourth-order valence-corrected chi connectivity index (χ4v) is 5.43. The van der Waals surface area contributed by atoms with E-state index in [1.54, 1.807) is 0 Å². The summed E-state index contributed by atoms with van der Waals surface area (Å²) < 4.78 is 0. The van der Waals surface area contributed by atoms with Crippen LogP contribution in [0.15, 0.2) is 24.3 Å². The molecule has 0 saturated carbocycles. The number of aromatic nitrogens is 2. The number of nitrogens with two attached hydrogens (primary N) is 1. The Morgan fingerprint density at radius 2 is 1.72 bits per heavy atom. The van der Waals surface area contributed by atoms with Gasteiger partial charge in [0.1, 0.15) is 5.82 Å². The first-order valence-electron chi connectivity index (χ1n) is 11.5. The number of hydrogen-bond donors (Lipinski definition) is 1. The van der Waals surface area contributed by atoms with Crippen LogP contribution in [0.2, 0.25) is 0 Å². The summed E-state index contributed by atoms with van der Waals surface area (Å²) in [5.74, 6) is 2.36. The van der Waals surface area contributed by atoms with Crippen molar-refractivity contribution < 1.29 is 0 Å². The average molecular weight is 392 g/mol. The lowest BCUT2D eigenvalue weighted by Gasteiger charge is -2.34. The molecular formula is C24H33N5. The van der Waals surface area contributed by atoms with E-state index in [1.165, 1.54) is 68.4 Å². The SMILES string of the molecule is Nc1nc2c(c(N3CCC(CCN4CCCC4)CC3)n1)CCCc1ccccc1-2. The molecule has 2 aliphatic heterocycles. The Bertz CT molecular complexity index is 850. The number of nitrogen functional groups attached to an aromatic ring is 1. The van der Waals surface area contributed by atoms with Gasteiger partial charge in [0.25, 0.3) is 0 Å². The minimum Gasteiger partial charge on any atom is -0.368 e. The Labute approximate surface area is 174 Å². The predicted molar refractivity (Wildman–Crippen MR) is 119 cm³/mol. The zero-order chi connectivity index (χ0) is 19.6. The normalized spacial score (nSPS) is 20.3. The molecule has 0 radical (unpaired) electrons. The number of likely N-dealkylation sites (tertiary alicyclic amines) is 1. The van der Waals surface area contributed by atoms with Crippen LogP contribution in [0.3, 0.4) is 0 Å². The number of nitrogens with zero attached hydrogens (tertiary/aromatic N) is 4. The van der Waals surface area contributed by atoms with Crippen molar-refractivity contribution in [1.29, 1.82) is 0 Å². The largest absolute Gasteiger partial charge is 0.368 e. The molecule has 154 valence electrons. The van der Waals surface area contributed by atoms with Gasteiger partial charge in [0, 0.05) is 24.2 Å². The van der Waals surface area contributed by atoms with Crippen LogP contribution in [0, 0.1) is 5.92 Å². The quantitative estimate of drug-likeness (QED) is 0.856. The Morgan fingerprint density at radius 3 is 2.55 bits per heavy atom. The van der Waals surface area contributed by atoms with Gasteiger partial charge in [0.2, 0.25) is 5.95 Å². The van der Waals surface area contributed by atoms with E-state index in [-0.39, 0.29) is 0 Å². The molecule has 2 fully saturated rings. The Kier molecular flexibility index (Phi) is 5.40. The highest BCUT2D eigenvalue weighted by Gasteiger charge is 2.27. The Morgan fingerprint density at radius 1 is 0.931 bits per heavy atom. The number of aryl methyl sites for hydroxylation is 1. The summed E-state index contributed by atoms with van der Waals surface area (Å²) in [7, 11) is 0. The molecule has 5 nitrogen and oxygen atoms in total. The summed E-state index contributed by atoms with van der Waals surface area (Å²) in [6.07, 6.45) is 9.96. The lowest BCUT2D eigenvalue weighted by molar-refractivity contribution is 0.280. The lowest BCUT2D eigenvalue weighted by atomic mass is 9.93. The Balaban J connectivity index is 1.33. The van der Waals surface area contributed by atoms with E-state index >= 15 is 0 Å². The summed E-state index contributed by atoms with van der Waals surface area (Å²) in [5, 5.41) is 0. The molecule has 3 heterocycles. The van der Waals surface area contributed by atoms with Gasteiger partial charge in [-0.1, -0.05) is 24.3 Å². The highest BCUT2D eigenvalue weighted by Crippen LogP contribution is 2.37. The molecule has 5 heteroatoms. The lowest BCUT2D eigenvalue weighted by Crippen LogP contribution is -2.36. The van der Waals surface area contributed by atoms with Crippen LogP contribution in [0.4, 0.5) is 11.8 Å². The number of hydrogen-bond acceptors (Lipinski definition) is 5. The number of fused-ring (bicyclic) bond motifs is 3. The molecule has 3 aliphatic rings. The van der Waals surface area contributed by atoms with Crippen molar-refractivity contribution in [2.24, 2.45) is 5.92 Å². The van der Waals surface area contributed by atoms with Crippen LogP contribution in [0.5, 0.6) is 0 Å². The van der Waals surface area contributed by atoms with Crippen molar-refractivity contribution in [3.63, 3.8) is 0 Å². The van der Waals surface area contributed by atoms with Gasteiger partial charge in [-0.15, -0.1) is 0 Å². The molecule has 2 aromatic rings. The van der Waals surface area contributed by atoms with Gasteiger partial charge >= 0.3 is 0 Å². The van der Waals surface area contributed by atoms with Crippen LogP contribution in [-0.2, 0) is 12.8 Å². The number of rotatable bonds is 4. The summed E-state index contributed by atoms with van der Waals surface area (Å²) in [4.78, 5) is 14.6. The molecule has 0 amide bonds. The fraction of sp³-hybridized carbons (Fsp3) is 0.583. The summed E-state index contributed by atoms with van der Waals surface area (Å²) in [6.45, 7) is 6.10. The third-order valence-corrected chi connectivity index (χ3v) is 7.11. The van der Waals surface area contributed by atoms with Gasteiger partial charge in [-0.3, -0.25) is 0 Å². The van der Waals surface area contributed by atoms with Gasteiger partial charge in [0.05, 0.1) is 5.69 Å². The maximum absolute atomic E-state index is 6.19. The molecule has 2 saturated heterocycles. The molecule has 5 rings (SSSR count). The van der Waals surface area contributed by atoms with Crippen molar-refractivity contribution in [1.82, 2.24) is 14.9 Å². The second-order valence-electron chi connectivity index (χ2n) is 9.01. The molecular weight excluding hydrogens is 358 g/mol. The molecule has 0 spiro atoms. The van der Waals surface area contributed by atoms with E-state index in [0.29, 0.717) is 5.95 Å². The fourth-order valence-electron chi connectivity index (χ4n) is 5.43. The minimum absolute atomic E-state index is 0.409. The maximum Gasteiger partial charge on any atom is 0.222 e. The first kappa shape index (κ1) is 18.9. The third-order valence-electron chi connectivity index (χ3n) is 7.11. The second kappa shape index (κ2) is 8.31. The smallest absolute Gasteiger partial charge is 0.222 e. The molecule has 0 atom stereocenters. The molecule has 1 aromatic carbocycles. The molecule has 0 bridgehead atoms. The van der Waals surface area contributed by atoms with Gasteiger partial charge in [-0.2, -0.15) is 4.98 Å². The van der Waals surface area contributed by atoms with Gasteiger partial charge in [0.15, 0.2) is 0 Å². The standard InChI is InChI=1S/C24H33N5/c25-24-26-22-20-8-2-1-6-19(20)7-5-9-21(22)23(27-24)29-16-11-18(12-17-29)10-15-28-13-3-4-14-28/h1-2,6,8,18H,3-5,7,9-17H2,(H2,25,26,27). The van der Waals surface area contributed by atoms with E-state index in [1.807, 2.05) is 0 Å². The zero-order valence-electron chi connectivity index (χ0n) is 17.4. The average Bonchev–Trinajstić information content (AvgIpc) is 3.20. The van der Waals surface area contributed by atoms with Crippen molar-refractivity contribution in [2.75, 3.05) is 43.4 Å². The number of benzene rings is 1. The topological polar surface area (TPSA) is 58.3 Å². The first-order chi connectivity index (χ1) is 14.3. The van der Waals surface area contributed by atoms with Crippen LogP contribution in [0.25, 0.3) is 11.3 Å². The highest BCUT2D eigenvalue weighted by atomic mass is 15.2. The number of anilines is 2. The van der Waals surface area contributed by atoms with E-state index in [4.69, 9.17) is 15.7 Å². The van der Waals surface area contributed by atoms with Crippen LogP contribution < -0.4 is 10.6 Å². The summed E-state index contributed by atoms with van der Waals surface area (Å²) >= 11 is 0. The van der Waals surface area contributed by atoms with E-state index in [9.17, 15) is 0 Å². The maximum atomic E-state index is 6.19. The zero-order valence-corrected chi connectivity index (χ0v) is 17.4. The van der Waals surface area contributed by atoms with E-state index < -0.39 is 0 Å². The van der Waals surface area contributed by atoms with Gasteiger partial charge in [-0.05, 0) is 82.5 Å².